The van der Waals surface area contributed by atoms with Crippen LogP contribution in [0.25, 0.3) is 10.9 Å². The van der Waals surface area contributed by atoms with Gasteiger partial charge in [-0.05, 0) is 43.7 Å². The van der Waals surface area contributed by atoms with Crippen molar-refractivity contribution in [2.45, 2.75) is 26.1 Å². The van der Waals surface area contributed by atoms with E-state index < -0.39 is 10.0 Å². The lowest BCUT2D eigenvalue weighted by Crippen LogP contribution is -2.20. The molecule has 0 bridgehead atoms. The minimum atomic E-state index is -3.29. The first-order valence-electron chi connectivity index (χ1n) is 8.86. The number of aryl methyl sites for hydroxylation is 2. The van der Waals surface area contributed by atoms with Crippen molar-refractivity contribution in [3.05, 3.63) is 70.4 Å². The third kappa shape index (κ3) is 4.30. The molecule has 0 saturated carbocycles. The van der Waals surface area contributed by atoms with Crippen molar-refractivity contribution in [2.24, 2.45) is 0 Å². The summed E-state index contributed by atoms with van der Waals surface area (Å²) in [6.45, 7) is 4.54. The maximum Gasteiger partial charge on any atom is 0.215 e. The number of nitrogens with one attached hydrogen (secondary N) is 2. The average molecular weight is 395 g/mol. The highest BCUT2D eigenvalue weighted by Crippen LogP contribution is 2.29. The Bertz CT molecular complexity index is 1160. The van der Waals surface area contributed by atoms with Crippen LogP contribution in [0.1, 0.15) is 27.8 Å². The molecule has 144 valence electrons. The van der Waals surface area contributed by atoms with Crippen molar-refractivity contribution in [1.82, 2.24) is 9.71 Å². The SMILES string of the molecule is CNS(=O)(=O)Cc1ccc(CNc2c(C#N)cnc3c(C)cc(C)cc23)cc1. The highest BCUT2D eigenvalue weighted by Gasteiger charge is 2.12. The van der Waals surface area contributed by atoms with Gasteiger partial charge in [0.25, 0.3) is 0 Å². The summed E-state index contributed by atoms with van der Waals surface area (Å²) in [5.41, 5.74) is 6.02. The molecule has 2 N–H and O–H groups in total. The van der Waals surface area contributed by atoms with Crippen molar-refractivity contribution < 1.29 is 8.42 Å². The van der Waals surface area contributed by atoms with E-state index in [-0.39, 0.29) is 5.75 Å². The van der Waals surface area contributed by atoms with Crippen molar-refractivity contribution in [3.63, 3.8) is 0 Å². The molecule has 6 nitrogen and oxygen atoms in total. The first-order valence-corrected chi connectivity index (χ1v) is 10.5. The highest BCUT2D eigenvalue weighted by atomic mass is 32.2. The largest absolute Gasteiger partial charge is 0.379 e. The Balaban J connectivity index is 1.87. The van der Waals surface area contributed by atoms with Crippen LogP contribution in [0.2, 0.25) is 0 Å². The number of hydrogen-bond donors (Lipinski definition) is 2. The van der Waals surface area contributed by atoms with Gasteiger partial charge in [0, 0.05) is 18.1 Å². The molecule has 7 heteroatoms. The van der Waals surface area contributed by atoms with Gasteiger partial charge in [-0.3, -0.25) is 4.98 Å². The van der Waals surface area contributed by atoms with Gasteiger partial charge >= 0.3 is 0 Å². The van der Waals surface area contributed by atoms with Crippen LogP contribution in [0.4, 0.5) is 5.69 Å². The van der Waals surface area contributed by atoms with Crippen molar-refractivity contribution in [3.8, 4) is 6.07 Å². The second-order valence-electron chi connectivity index (χ2n) is 6.77. The number of fused-ring (bicyclic) bond motifs is 1. The van der Waals surface area contributed by atoms with E-state index in [1.54, 1.807) is 18.3 Å². The van der Waals surface area contributed by atoms with Gasteiger partial charge in [-0.1, -0.05) is 35.9 Å². The van der Waals surface area contributed by atoms with Gasteiger partial charge in [-0.25, -0.2) is 13.1 Å². The zero-order valence-corrected chi connectivity index (χ0v) is 16.9. The first-order chi connectivity index (χ1) is 13.3. The van der Waals surface area contributed by atoms with Crippen molar-refractivity contribution >= 4 is 26.6 Å². The molecule has 3 aromatic rings. The van der Waals surface area contributed by atoms with E-state index in [9.17, 15) is 13.7 Å². The third-order valence-electron chi connectivity index (χ3n) is 4.59. The van der Waals surface area contributed by atoms with E-state index in [2.05, 4.69) is 27.2 Å². The van der Waals surface area contributed by atoms with Crippen LogP contribution in [-0.2, 0) is 22.3 Å². The predicted molar refractivity (Wildman–Crippen MR) is 111 cm³/mol. The number of anilines is 1. The molecule has 3 rings (SSSR count). The summed E-state index contributed by atoms with van der Waals surface area (Å²) in [4.78, 5) is 4.44. The summed E-state index contributed by atoms with van der Waals surface area (Å²) in [5.74, 6) is -0.0522. The van der Waals surface area contributed by atoms with Crippen LogP contribution >= 0.6 is 0 Å². The topological polar surface area (TPSA) is 94.9 Å². The van der Waals surface area contributed by atoms with Gasteiger partial charge in [0.2, 0.25) is 10.0 Å². The lowest BCUT2D eigenvalue weighted by atomic mass is 10.0. The number of nitrogens with zero attached hydrogens (tertiary/aromatic N) is 2. The molecular weight excluding hydrogens is 372 g/mol. The summed E-state index contributed by atoms with van der Waals surface area (Å²) in [6, 6.07) is 13.7. The summed E-state index contributed by atoms with van der Waals surface area (Å²) in [6.07, 6.45) is 1.60. The van der Waals surface area contributed by atoms with Crippen LogP contribution in [0.15, 0.2) is 42.6 Å². The van der Waals surface area contributed by atoms with Gasteiger partial charge in [-0.15, -0.1) is 0 Å². The average Bonchev–Trinajstić information content (AvgIpc) is 2.67. The number of hydrogen-bond acceptors (Lipinski definition) is 5. The Morgan fingerprint density at radius 2 is 1.79 bits per heavy atom. The van der Waals surface area contributed by atoms with Crippen LogP contribution in [0.5, 0.6) is 0 Å². The Labute approximate surface area is 165 Å². The number of nitriles is 1. The van der Waals surface area contributed by atoms with Crippen LogP contribution in [-0.4, -0.2) is 20.4 Å². The maximum atomic E-state index is 11.7. The predicted octanol–water partition coefficient (Wildman–Crippen LogP) is 3.38. The molecule has 0 saturated heterocycles. The minimum absolute atomic E-state index is 0.0522. The van der Waals surface area contributed by atoms with Crippen molar-refractivity contribution in [1.29, 1.82) is 5.26 Å². The number of pyridine rings is 1. The normalized spacial score (nSPS) is 11.4. The molecule has 0 aliphatic heterocycles. The van der Waals surface area contributed by atoms with Gasteiger partial charge in [0.05, 0.1) is 22.5 Å². The van der Waals surface area contributed by atoms with E-state index in [1.165, 1.54) is 7.05 Å². The Morgan fingerprint density at radius 3 is 2.43 bits per heavy atom. The number of benzene rings is 2. The number of sulfonamides is 1. The lowest BCUT2D eigenvalue weighted by molar-refractivity contribution is 0.587. The summed E-state index contributed by atoms with van der Waals surface area (Å²) in [7, 11) is -1.89. The second-order valence-corrected chi connectivity index (χ2v) is 8.70. The smallest absolute Gasteiger partial charge is 0.215 e. The molecule has 0 aliphatic carbocycles. The van der Waals surface area contributed by atoms with E-state index >= 15 is 0 Å². The van der Waals surface area contributed by atoms with Crippen LogP contribution < -0.4 is 10.0 Å². The Kier molecular flexibility index (Phi) is 5.63. The van der Waals surface area contributed by atoms with Gasteiger partial charge in [0.1, 0.15) is 6.07 Å². The third-order valence-corrected chi connectivity index (χ3v) is 5.92. The molecule has 0 atom stereocenters. The number of rotatable bonds is 6. The standard InChI is InChI=1S/C21H22N4O2S/c1-14-8-15(2)20-19(9-14)21(18(10-22)12-25-20)24-11-16-4-6-17(7-5-16)13-28(26,27)23-3/h4-9,12,23H,11,13H2,1-3H3,(H,24,25). The lowest BCUT2D eigenvalue weighted by Gasteiger charge is -2.13. The summed E-state index contributed by atoms with van der Waals surface area (Å²) >= 11 is 0. The molecule has 28 heavy (non-hydrogen) atoms. The molecule has 1 aromatic heterocycles. The zero-order valence-electron chi connectivity index (χ0n) is 16.1. The quantitative estimate of drug-likeness (QED) is 0.668. The fourth-order valence-corrected chi connectivity index (χ4v) is 3.95. The van der Waals surface area contributed by atoms with E-state index in [0.29, 0.717) is 12.1 Å². The number of aromatic nitrogens is 1. The monoisotopic (exact) mass is 394 g/mol. The molecule has 0 spiro atoms. The van der Waals surface area contributed by atoms with Crippen LogP contribution in [0, 0.1) is 25.2 Å². The molecule has 0 amide bonds. The fourth-order valence-electron chi connectivity index (χ4n) is 3.17. The van der Waals surface area contributed by atoms with E-state index in [4.69, 9.17) is 0 Å². The van der Waals surface area contributed by atoms with Gasteiger partial charge < -0.3 is 5.32 Å². The summed E-state index contributed by atoms with van der Waals surface area (Å²) in [5, 5.41) is 13.8. The Hall–Kier alpha value is -2.95. The molecule has 0 aliphatic rings. The van der Waals surface area contributed by atoms with Gasteiger partial charge in [-0.2, -0.15) is 5.26 Å². The van der Waals surface area contributed by atoms with E-state index in [1.807, 2.05) is 32.0 Å². The maximum absolute atomic E-state index is 11.7. The van der Waals surface area contributed by atoms with Gasteiger partial charge in [0.15, 0.2) is 0 Å². The fraction of sp³-hybridized carbons (Fsp3) is 0.238. The second kappa shape index (κ2) is 7.97. The summed E-state index contributed by atoms with van der Waals surface area (Å²) < 4.78 is 25.6. The highest BCUT2D eigenvalue weighted by molar-refractivity contribution is 7.88. The molecule has 0 radical (unpaired) electrons. The molecular formula is C21H22N4O2S. The zero-order chi connectivity index (χ0) is 20.3. The minimum Gasteiger partial charge on any atom is -0.379 e. The van der Waals surface area contributed by atoms with E-state index in [0.717, 1.165) is 38.8 Å². The van der Waals surface area contributed by atoms with Crippen molar-refractivity contribution in [2.75, 3.05) is 12.4 Å². The molecule has 2 aromatic carbocycles. The molecule has 1 heterocycles. The van der Waals surface area contributed by atoms with Crippen LogP contribution in [0.3, 0.4) is 0 Å². The first kappa shape index (κ1) is 19.8. The molecule has 0 fully saturated rings. The Morgan fingerprint density at radius 1 is 1.11 bits per heavy atom. The molecule has 0 unspecified atom stereocenters.